The molecule has 1 aromatic heterocycles. The molecule has 0 bridgehead atoms. The van der Waals surface area contributed by atoms with Crippen LogP contribution >= 0.6 is 0 Å². The average Bonchev–Trinajstić information content (AvgIpc) is 2.61. The van der Waals surface area contributed by atoms with Gasteiger partial charge in [-0.25, -0.2) is 4.68 Å². The quantitative estimate of drug-likeness (QED) is 0.450. The number of nitrogens with zero attached hydrogens (tertiary/aromatic N) is 3. The molecule has 0 amide bonds. The average molecular weight is 269 g/mol. The maximum atomic E-state index is 11.1. The minimum atomic E-state index is -0.376. The number of hydrogen-bond acceptors (Lipinski definition) is 5. The Hall–Kier alpha value is -1.63. The van der Waals surface area contributed by atoms with E-state index in [4.69, 9.17) is 0 Å². The van der Waals surface area contributed by atoms with E-state index in [1.165, 1.54) is 0 Å². The molecule has 0 aliphatic rings. The molecule has 1 heterocycles. The summed E-state index contributed by atoms with van der Waals surface area (Å²) in [6.07, 6.45) is 0. The first kappa shape index (κ1) is 15.4. The molecule has 1 rings (SSSR count). The zero-order chi connectivity index (χ0) is 14.6. The summed E-state index contributed by atoms with van der Waals surface area (Å²) in [5, 5.41) is 21.7. The molecule has 0 aliphatic carbocycles. The lowest BCUT2D eigenvalue weighted by Crippen LogP contribution is -2.29. The van der Waals surface area contributed by atoms with Gasteiger partial charge in [0.15, 0.2) is 0 Å². The Morgan fingerprint density at radius 2 is 1.95 bits per heavy atom. The monoisotopic (exact) mass is 269 g/mol. The van der Waals surface area contributed by atoms with Crippen molar-refractivity contribution < 1.29 is 4.92 Å². The van der Waals surface area contributed by atoms with Gasteiger partial charge in [0.25, 0.3) is 0 Å². The second kappa shape index (κ2) is 6.51. The minimum Gasteiger partial charge on any atom is -0.363 e. The highest BCUT2D eigenvalue weighted by Crippen LogP contribution is 2.30. The molecule has 108 valence electrons. The summed E-state index contributed by atoms with van der Waals surface area (Å²) in [6.45, 7) is 11.1. The molecule has 0 saturated heterocycles. The maximum absolute atomic E-state index is 11.1. The summed E-state index contributed by atoms with van der Waals surface area (Å²) in [6, 6.07) is 0.474. The van der Waals surface area contributed by atoms with Crippen LogP contribution in [0.3, 0.4) is 0 Å². The molecule has 0 spiro atoms. The third-order valence-electron chi connectivity index (χ3n) is 2.70. The molecule has 19 heavy (non-hydrogen) atoms. The van der Waals surface area contributed by atoms with Gasteiger partial charge in [0, 0.05) is 25.2 Å². The number of aryl methyl sites for hydroxylation is 1. The minimum absolute atomic E-state index is 0.0678. The molecule has 0 saturated carbocycles. The van der Waals surface area contributed by atoms with Gasteiger partial charge in [0.05, 0.1) is 4.92 Å². The van der Waals surface area contributed by atoms with Gasteiger partial charge in [-0.1, -0.05) is 13.8 Å². The number of nitro groups is 1. The van der Waals surface area contributed by atoms with Gasteiger partial charge < -0.3 is 10.6 Å². The predicted molar refractivity (Wildman–Crippen MR) is 75.6 cm³/mol. The third kappa shape index (κ3) is 3.92. The zero-order valence-electron chi connectivity index (χ0n) is 12.2. The Morgan fingerprint density at radius 1 is 1.32 bits per heavy atom. The van der Waals surface area contributed by atoms with Gasteiger partial charge >= 0.3 is 5.69 Å². The third-order valence-corrected chi connectivity index (χ3v) is 2.70. The number of anilines is 1. The van der Waals surface area contributed by atoms with E-state index < -0.39 is 0 Å². The highest BCUT2D eigenvalue weighted by atomic mass is 16.6. The molecule has 0 atom stereocenters. The first-order valence-corrected chi connectivity index (χ1v) is 6.55. The van der Waals surface area contributed by atoms with Crippen LogP contribution in [0.1, 0.15) is 39.4 Å². The maximum Gasteiger partial charge on any atom is 0.333 e. The van der Waals surface area contributed by atoms with Crippen molar-refractivity contribution in [2.75, 3.05) is 18.4 Å². The van der Waals surface area contributed by atoms with Crippen molar-refractivity contribution in [3.8, 4) is 0 Å². The molecule has 0 radical (unpaired) electrons. The van der Waals surface area contributed by atoms with E-state index in [2.05, 4.69) is 29.6 Å². The smallest absolute Gasteiger partial charge is 0.333 e. The van der Waals surface area contributed by atoms with Crippen molar-refractivity contribution in [1.82, 2.24) is 15.1 Å². The van der Waals surface area contributed by atoms with E-state index >= 15 is 0 Å². The van der Waals surface area contributed by atoms with E-state index in [1.807, 2.05) is 13.8 Å². The van der Waals surface area contributed by atoms with Crippen LogP contribution in [0.15, 0.2) is 0 Å². The normalized spacial score (nSPS) is 11.3. The Bertz CT molecular complexity index is 440. The van der Waals surface area contributed by atoms with E-state index in [-0.39, 0.29) is 16.7 Å². The number of rotatable bonds is 7. The molecule has 0 fully saturated rings. The van der Waals surface area contributed by atoms with Gasteiger partial charge in [-0.05, 0) is 20.8 Å². The summed E-state index contributed by atoms with van der Waals surface area (Å²) in [4.78, 5) is 10.7. The van der Waals surface area contributed by atoms with Gasteiger partial charge in [-0.15, -0.1) is 0 Å². The van der Waals surface area contributed by atoms with E-state index in [1.54, 1.807) is 11.6 Å². The lowest BCUT2D eigenvalue weighted by atomic mass is 10.3. The van der Waals surface area contributed by atoms with E-state index in [0.717, 1.165) is 6.54 Å². The van der Waals surface area contributed by atoms with Crippen LogP contribution in [-0.4, -0.2) is 33.8 Å². The zero-order valence-corrected chi connectivity index (χ0v) is 12.2. The Morgan fingerprint density at radius 3 is 2.42 bits per heavy atom. The Kier molecular flexibility index (Phi) is 5.29. The number of nitrogens with one attached hydrogen (secondary N) is 2. The highest BCUT2D eigenvalue weighted by molar-refractivity contribution is 5.59. The van der Waals surface area contributed by atoms with Crippen molar-refractivity contribution >= 4 is 11.5 Å². The van der Waals surface area contributed by atoms with Crippen LogP contribution in [0.25, 0.3) is 0 Å². The molecule has 0 aliphatic heterocycles. The Labute approximate surface area is 113 Å². The molecular weight excluding hydrogens is 246 g/mol. The first-order chi connectivity index (χ1) is 8.84. The van der Waals surface area contributed by atoms with Gasteiger partial charge in [-0.2, -0.15) is 5.10 Å². The number of aromatic nitrogens is 2. The first-order valence-electron chi connectivity index (χ1n) is 6.55. The SMILES string of the molecule is Cc1nn(C(C)C)c(NCCNC(C)C)c1[N+](=O)[O-]. The molecule has 0 unspecified atom stereocenters. The lowest BCUT2D eigenvalue weighted by molar-refractivity contribution is -0.384. The van der Waals surface area contributed by atoms with Crippen molar-refractivity contribution in [2.24, 2.45) is 0 Å². The summed E-state index contributed by atoms with van der Waals surface area (Å²) in [7, 11) is 0. The number of hydrogen-bond donors (Lipinski definition) is 2. The van der Waals surface area contributed by atoms with E-state index in [9.17, 15) is 10.1 Å². The van der Waals surface area contributed by atoms with Crippen LogP contribution in [0.5, 0.6) is 0 Å². The van der Waals surface area contributed by atoms with Crippen LogP contribution in [-0.2, 0) is 0 Å². The van der Waals surface area contributed by atoms with Crippen LogP contribution < -0.4 is 10.6 Å². The summed E-state index contributed by atoms with van der Waals surface area (Å²) in [5.41, 5.74) is 0.510. The predicted octanol–water partition coefficient (Wildman–Crippen LogP) is 2.09. The molecule has 2 N–H and O–H groups in total. The van der Waals surface area contributed by atoms with Crippen LogP contribution in [0.2, 0.25) is 0 Å². The van der Waals surface area contributed by atoms with Gasteiger partial charge in [-0.3, -0.25) is 10.1 Å². The van der Waals surface area contributed by atoms with Crippen molar-refractivity contribution in [3.05, 3.63) is 15.8 Å². The fourth-order valence-corrected chi connectivity index (χ4v) is 1.84. The summed E-state index contributed by atoms with van der Waals surface area (Å²) < 4.78 is 1.67. The molecule has 0 aromatic carbocycles. The molecule has 7 nitrogen and oxygen atoms in total. The fourth-order valence-electron chi connectivity index (χ4n) is 1.84. The standard InChI is InChI=1S/C12H23N5O2/c1-8(2)13-6-7-14-12-11(17(18)19)10(5)15-16(12)9(3)4/h8-9,13-14H,6-7H2,1-5H3. The van der Waals surface area contributed by atoms with Crippen molar-refractivity contribution in [1.29, 1.82) is 0 Å². The van der Waals surface area contributed by atoms with Crippen molar-refractivity contribution in [2.45, 2.75) is 46.7 Å². The van der Waals surface area contributed by atoms with Crippen molar-refractivity contribution in [3.63, 3.8) is 0 Å². The second-order valence-electron chi connectivity index (χ2n) is 5.11. The topological polar surface area (TPSA) is 85.0 Å². The van der Waals surface area contributed by atoms with Gasteiger partial charge in [0.1, 0.15) is 5.69 Å². The highest BCUT2D eigenvalue weighted by Gasteiger charge is 2.25. The second-order valence-corrected chi connectivity index (χ2v) is 5.11. The fraction of sp³-hybridized carbons (Fsp3) is 0.750. The molecule has 1 aromatic rings. The molecular formula is C12H23N5O2. The Balaban J connectivity index is 2.86. The van der Waals surface area contributed by atoms with Crippen LogP contribution in [0.4, 0.5) is 11.5 Å². The molecule has 7 heteroatoms. The summed E-state index contributed by atoms with van der Waals surface area (Å²) >= 11 is 0. The lowest BCUT2D eigenvalue weighted by Gasteiger charge is -2.13. The van der Waals surface area contributed by atoms with Crippen LogP contribution in [0, 0.1) is 17.0 Å². The van der Waals surface area contributed by atoms with Gasteiger partial charge in [0.2, 0.25) is 5.82 Å². The largest absolute Gasteiger partial charge is 0.363 e. The summed E-state index contributed by atoms with van der Waals surface area (Å²) in [5.74, 6) is 0.489. The van der Waals surface area contributed by atoms with E-state index in [0.29, 0.717) is 24.1 Å².